The molecule has 2 unspecified atom stereocenters. The highest BCUT2D eigenvalue weighted by atomic mass is 16.2. The van der Waals surface area contributed by atoms with E-state index >= 15 is 0 Å². The molecule has 1 aliphatic heterocycles. The first kappa shape index (κ1) is 15.8. The Morgan fingerprint density at radius 1 is 1.24 bits per heavy atom. The van der Waals surface area contributed by atoms with Gasteiger partial charge in [0.2, 0.25) is 0 Å². The van der Waals surface area contributed by atoms with Gasteiger partial charge in [0.1, 0.15) is 0 Å². The van der Waals surface area contributed by atoms with Gasteiger partial charge in [0, 0.05) is 24.3 Å². The number of rotatable bonds is 5. The minimum atomic E-state index is -0.157. The van der Waals surface area contributed by atoms with Crippen LogP contribution < -0.4 is 16.4 Å². The predicted octanol–water partition coefficient (Wildman–Crippen LogP) is 2.31. The number of urea groups is 1. The van der Waals surface area contributed by atoms with Crippen molar-refractivity contribution in [1.29, 1.82) is 0 Å². The number of nitrogens with zero attached hydrogens (tertiary/aromatic N) is 1. The Morgan fingerprint density at radius 3 is 2.43 bits per heavy atom. The maximum atomic E-state index is 12.0. The van der Waals surface area contributed by atoms with Crippen molar-refractivity contribution in [2.75, 3.05) is 25.0 Å². The number of hydrogen-bond donors (Lipinski definition) is 3. The summed E-state index contributed by atoms with van der Waals surface area (Å²) < 4.78 is 0. The number of likely N-dealkylation sites (tertiary alicyclic amines) is 1. The largest absolute Gasteiger partial charge is 0.334 e. The second-order valence-electron chi connectivity index (χ2n) is 5.92. The lowest BCUT2D eigenvalue weighted by Gasteiger charge is -2.21. The average Bonchev–Trinajstić information content (AvgIpc) is 2.91. The molecular formula is C16H26N4O. The number of amides is 2. The standard InChI is InChI=1S/C16H26N4O/c1-12(11-20-9-3-4-10-20)18-16(21)19-15-7-5-14(6-8-15)13(2)17/h5-8,12-13H,3-4,9-11,17H2,1-2H3,(H2,18,19,21). The molecule has 1 aromatic rings. The molecule has 2 rings (SSSR count). The van der Waals surface area contributed by atoms with E-state index in [4.69, 9.17) is 5.73 Å². The van der Waals surface area contributed by atoms with Crippen LogP contribution in [-0.4, -0.2) is 36.6 Å². The van der Waals surface area contributed by atoms with Gasteiger partial charge in [-0.05, 0) is 57.5 Å². The summed E-state index contributed by atoms with van der Waals surface area (Å²) in [6, 6.07) is 7.63. The second kappa shape index (κ2) is 7.43. The van der Waals surface area contributed by atoms with Crippen molar-refractivity contribution in [3.05, 3.63) is 29.8 Å². The lowest BCUT2D eigenvalue weighted by Crippen LogP contribution is -2.42. The van der Waals surface area contributed by atoms with Gasteiger partial charge in [0.05, 0.1) is 0 Å². The molecule has 0 spiro atoms. The third-order valence-electron chi connectivity index (χ3n) is 3.80. The van der Waals surface area contributed by atoms with Crippen LogP contribution in [0.5, 0.6) is 0 Å². The molecule has 1 aliphatic rings. The lowest BCUT2D eigenvalue weighted by molar-refractivity contribution is 0.242. The van der Waals surface area contributed by atoms with Gasteiger partial charge in [0.25, 0.3) is 0 Å². The van der Waals surface area contributed by atoms with Crippen LogP contribution in [0.3, 0.4) is 0 Å². The number of carbonyl (C=O) groups excluding carboxylic acids is 1. The number of anilines is 1. The molecule has 1 heterocycles. The van der Waals surface area contributed by atoms with Gasteiger partial charge in [0.15, 0.2) is 0 Å². The van der Waals surface area contributed by atoms with E-state index in [1.807, 2.05) is 38.1 Å². The van der Waals surface area contributed by atoms with Gasteiger partial charge in [-0.15, -0.1) is 0 Å². The van der Waals surface area contributed by atoms with E-state index in [1.165, 1.54) is 12.8 Å². The first-order valence-corrected chi connectivity index (χ1v) is 7.70. The molecule has 5 nitrogen and oxygen atoms in total. The summed E-state index contributed by atoms with van der Waals surface area (Å²) in [7, 11) is 0. The third-order valence-corrected chi connectivity index (χ3v) is 3.80. The van der Waals surface area contributed by atoms with E-state index in [2.05, 4.69) is 15.5 Å². The van der Waals surface area contributed by atoms with Crippen LogP contribution in [0.15, 0.2) is 24.3 Å². The molecular weight excluding hydrogens is 264 g/mol. The highest BCUT2D eigenvalue weighted by Crippen LogP contribution is 2.14. The van der Waals surface area contributed by atoms with Crippen LogP contribution in [0.2, 0.25) is 0 Å². The van der Waals surface area contributed by atoms with Crippen LogP contribution in [0.4, 0.5) is 10.5 Å². The van der Waals surface area contributed by atoms with Gasteiger partial charge >= 0.3 is 6.03 Å². The SMILES string of the molecule is CC(CN1CCCC1)NC(=O)Nc1ccc(C(C)N)cc1. The minimum Gasteiger partial charge on any atom is -0.334 e. The van der Waals surface area contributed by atoms with E-state index in [0.29, 0.717) is 0 Å². The Labute approximate surface area is 126 Å². The molecule has 116 valence electrons. The number of nitrogens with one attached hydrogen (secondary N) is 2. The summed E-state index contributed by atoms with van der Waals surface area (Å²) in [6.07, 6.45) is 2.54. The molecule has 0 saturated carbocycles. The number of carbonyl (C=O) groups is 1. The Bertz CT molecular complexity index is 452. The summed E-state index contributed by atoms with van der Waals surface area (Å²) in [5.74, 6) is 0. The van der Waals surface area contributed by atoms with Crippen molar-refractivity contribution in [3.63, 3.8) is 0 Å². The fourth-order valence-corrected chi connectivity index (χ4v) is 2.66. The molecule has 21 heavy (non-hydrogen) atoms. The summed E-state index contributed by atoms with van der Waals surface area (Å²) in [5.41, 5.74) is 7.65. The molecule has 2 amide bonds. The predicted molar refractivity (Wildman–Crippen MR) is 86.3 cm³/mol. The third kappa shape index (κ3) is 5.02. The lowest BCUT2D eigenvalue weighted by atomic mass is 10.1. The molecule has 0 aromatic heterocycles. The van der Waals surface area contributed by atoms with Gasteiger partial charge in [-0.2, -0.15) is 0 Å². The van der Waals surface area contributed by atoms with E-state index in [0.717, 1.165) is 30.9 Å². The van der Waals surface area contributed by atoms with Crippen molar-refractivity contribution in [2.45, 2.75) is 38.8 Å². The van der Waals surface area contributed by atoms with E-state index in [-0.39, 0.29) is 18.1 Å². The van der Waals surface area contributed by atoms with Crippen LogP contribution in [0, 0.1) is 0 Å². The normalized spacial score (nSPS) is 18.2. The number of hydrogen-bond acceptors (Lipinski definition) is 3. The van der Waals surface area contributed by atoms with Crippen LogP contribution in [0.1, 0.15) is 38.3 Å². The van der Waals surface area contributed by atoms with Gasteiger partial charge in [-0.1, -0.05) is 12.1 Å². The van der Waals surface area contributed by atoms with E-state index < -0.39 is 0 Å². The Kier molecular flexibility index (Phi) is 5.59. The monoisotopic (exact) mass is 290 g/mol. The average molecular weight is 290 g/mol. The first-order chi connectivity index (χ1) is 10.0. The fourth-order valence-electron chi connectivity index (χ4n) is 2.66. The molecule has 1 fully saturated rings. The maximum Gasteiger partial charge on any atom is 0.319 e. The van der Waals surface area contributed by atoms with Gasteiger partial charge in [-0.25, -0.2) is 4.79 Å². The smallest absolute Gasteiger partial charge is 0.319 e. The molecule has 1 aromatic carbocycles. The zero-order valence-corrected chi connectivity index (χ0v) is 12.9. The summed E-state index contributed by atoms with van der Waals surface area (Å²) >= 11 is 0. The van der Waals surface area contributed by atoms with Gasteiger partial charge in [-0.3, -0.25) is 0 Å². The van der Waals surface area contributed by atoms with Crippen LogP contribution >= 0.6 is 0 Å². The fraction of sp³-hybridized carbons (Fsp3) is 0.562. The van der Waals surface area contributed by atoms with Crippen molar-refractivity contribution >= 4 is 11.7 Å². The molecule has 0 radical (unpaired) electrons. The Hall–Kier alpha value is -1.59. The molecule has 4 N–H and O–H groups in total. The summed E-state index contributed by atoms with van der Waals surface area (Å²) in [4.78, 5) is 14.3. The van der Waals surface area contributed by atoms with Gasteiger partial charge < -0.3 is 21.3 Å². The summed E-state index contributed by atoms with van der Waals surface area (Å²) in [6.45, 7) is 7.18. The topological polar surface area (TPSA) is 70.4 Å². The highest BCUT2D eigenvalue weighted by molar-refractivity contribution is 5.89. The van der Waals surface area contributed by atoms with Crippen molar-refractivity contribution in [1.82, 2.24) is 10.2 Å². The second-order valence-corrected chi connectivity index (χ2v) is 5.92. The van der Waals surface area contributed by atoms with Crippen molar-refractivity contribution in [3.8, 4) is 0 Å². The van der Waals surface area contributed by atoms with Crippen molar-refractivity contribution in [2.24, 2.45) is 5.73 Å². The zero-order valence-electron chi connectivity index (χ0n) is 12.9. The molecule has 5 heteroatoms. The summed E-state index contributed by atoms with van der Waals surface area (Å²) in [5, 5.41) is 5.83. The van der Waals surface area contributed by atoms with E-state index in [1.54, 1.807) is 0 Å². The quantitative estimate of drug-likeness (QED) is 0.779. The molecule has 0 aliphatic carbocycles. The minimum absolute atomic E-state index is 0.00774. The Morgan fingerprint density at radius 2 is 1.86 bits per heavy atom. The number of nitrogens with two attached hydrogens (primary N) is 1. The zero-order chi connectivity index (χ0) is 15.2. The van der Waals surface area contributed by atoms with Crippen LogP contribution in [-0.2, 0) is 0 Å². The Balaban J connectivity index is 1.77. The van der Waals surface area contributed by atoms with Crippen molar-refractivity contribution < 1.29 is 4.79 Å². The molecule has 1 saturated heterocycles. The molecule has 2 atom stereocenters. The maximum absolute atomic E-state index is 12.0. The van der Waals surface area contributed by atoms with Crippen LogP contribution in [0.25, 0.3) is 0 Å². The number of benzene rings is 1. The highest BCUT2D eigenvalue weighted by Gasteiger charge is 2.15. The van der Waals surface area contributed by atoms with E-state index in [9.17, 15) is 4.79 Å². The first-order valence-electron chi connectivity index (χ1n) is 7.70. The molecule has 0 bridgehead atoms.